The third-order valence-electron chi connectivity index (χ3n) is 1.61. The Morgan fingerprint density at radius 1 is 1.24 bits per heavy atom. The van der Waals surface area contributed by atoms with Crippen LogP contribution in [0.4, 0.5) is 0 Å². The van der Waals surface area contributed by atoms with E-state index in [9.17, 15) is 0 Å². The molecule has 0 saturated carbocycles. The molecule has 17 heavy (non-hydrogen) atoms. The van der Waals surface area contributed by atoms with Gasteiger partial charge in [-0.15, -0.1) is 0 Å². The Hall–Kier alpha value is 0.939. The van der Waals surface area contributed by atoms with Crippen molar-refractivity contribution in [1.82, 2.24) is 4.90 Å². The molecule has 1 aromatic carbocycles. The van der Waals surface area contributed by atoms with Crippen LogP contribution in [-0.2, 0) is 6.54 Å². The molecule has 0 amide bonds. The summed E-state index contributed by atoms with van der Waals surface area (Å²) in [4.78, 5) is 2.13. The largest absolute Gasteiger partial charge is 2.00 e. The van der Waals surface area contributed by atoms with Gasteiger partial charge in [-0.05, 0) is 25.7 Å². The Morgan fingerprint density at radius 3 is 2.06 bits per heavy atom. The van der Waals surface area contributed by atoms with E-state index in [1.165, 1.54) is 12.0 Å². The number of rotatable bonds is 3. The van der Waals surface area contributed by atoms with Crippen LogP contribution in [0.2, 0.25) is 0 Å². The summed E-state index contributed by atoms with van der Waals surface area (Å²) in [6.07, 6.45) is 2.28. The quantitative estimate of drug-likeness (QED) is 0.422. The molecule has 4 heteroatoms. The van der Waals surface area contributed by atoms with Gasteiger partial charge in [-0.3, -0.25) is 0 Å². The molecule has 0 atom stereocenters. The Morgan fingerprint density at radius 2 is 1.76 bits per heavy atom. The van der Waals surface area contributed by atoms with Crippen LogP contribution in [0.5, 0.6) is 0 Å². The second-order valence-electron chi connectivity index (χ2n) is 3.48. The van der Waals surface area contributed by atoms with Gasteiger partial charge in [0.2, 0.25) is 0 Å². The van der Waals surface area contributed by atoms with Crippen LogP contribution in [0.1, 0.15) is 25.3 Å². The molecule has 0 aliphatic carbocycles. The first kappa shape index (κ1) is 26.5. The average Bonchev–Trinajstić information content (AvgIpc) is 2.19. The predicted octanol–water partition coefficient (Wildman–Crippen LogP) is -3.20. The number of hydrogen-bond donors (Lipinski definition) is 0. The second kappa shape index (κ2) is 19.3. The average molecular weight is 470 g/mol. The molecular formula is C13H21Br2NSn. The van der Waals surface area contributed by atoms with E-state index < -0.39 is 0 Å². The fraction of sp³-hybridized carbons (Fsp3) is 0.462. The molecule has 0 saturated heterocycles. The fourth-order valence-corrected chi connectivity index (χ4v) is 0.870. The SMILES string of the molecule is CN(C)Cc1[c]cccc1.[Br-].[Br-].[CH2]CCC.[Sn+2]. The van der Waals surface area contributed by atoms with Gasteiger partial charge in [-0.1, -0.05) is 51.0 Å². The zero-order chi connectivity index (χ0) is 10.8. The maximum Gasteiger partial charge on any atom is 2.00 e. The molecule has 0 aliphatic rings. The van der Waals surface area contributed by atoms with Gasteiger partial charge in [0.15, 0.2) is 0 Å². The standard InChI is InChI=1S/C9H12N.C4H9.2BrH.Sn/c1-10(2)8-9-6-4-3-5-7-9;1-3-4-2;;;/h3-6H,8H2,1-2H3;1,3-4H2,2H3;2*1H;/q;;;;+2/p-2. The van der Waals surface area contributed by atoms with Crippen molar-refractivity contribution in [3.8, 4) is 0 Å². The van der Waals surface area contributed by atoms with Crippen LogP contribution < -0.4 is 34.0 Å². The van der Waals surface area contributed by atoms with Crippen LogP contribution in [0.3, 0.4) is 0 Å². The van der Waals surface area contributed by atoms with Gasteiger partial charge in [0, 0.05) is 6.54 Å². The van der Waals surface area contributed by atoms with Gasteiger partial charge in [0.1, 0.15) is 0 Å². The van der Waals surface area contributed by atoms with Crippen molar-refractivity contribution in [3.63, 3.8) is 0 Å². The molecule has 1 rings (SSSR count). The van der Waals surface area contributed by atoms with E-state index >= 15 is 0 Å². The van der Waals surface area contributed by atoms with E-state index in [0.717, 1.165) is 13.0 Å². The minimum atomic E-state index is 0. The first-order valence-electron chi connectivity index (χ1n) is 5.10. The zero-order valence-corrected chi connectivity index (χ0v) is 16.9. The molecule has 0 N–H and O–H groups in total. The number of unbranched alkanes of at least 4 members (excludes halogenated alkanes) is 1. The minimum Gasteiger partial charge on any atom is -1.00 e. The maximum atomic E-state index is 3.60. The summed E-state index contributed by atoms with van der Waals surface area (Å²) >= 11 is 0. The van der Waals surface area contributed by atoms with Gasteiger partial charge in [-0.25, -0.2) is 0 Å². The van der Waals surface area contributed by atoms with E-state index in [1.54, 1.807) is 0 Å². The molecule has 0 aliphatic heterocycles. The first-order chi connectivity index (χ1) is 6.70. The smallest absolute Gasteiger partial charge is 1.00 e. The second-order valence-corrected chi connectivity index (χ2v) is 3.48. The number of hydrogen-bond acceptors (Lipinski definition) is 1. The molecule has 96 valence electrons. The van der Waals surface area contributed by atoms with E-state index in [-0.39, 0.29) is 57.9 Å². The molecule has 1 aromatic rings. The minimum absolute atomic E-state index is 0. The normalized spacial score (nSPS) is 7.82. The first-order valence-corrected chi connectivity index (χ1v) is 5.10. The summed E-state index contributed by atoms with van der Waals surface area (Å²) in [6, 6.07) is 11.2. The Labute approximate surface area is 145 Å². The van der Waals surface area contributed by atoms with E-state index in [2.05, 4.69) is 45.0 Å². The van der Waals surface area contributed by atoms with Gasteiger partial charge < -0.3 is 38.9 Å². The maximum absolute atomic E-state index is 3.60. The van der Waals surface area contributed by atoms with Gasteiger partial charge >= 0.3 is 23.9 Å². The Kier molecular flexibility index (Phi) is 30.0. The van der Waals surface area contributed by atoms with E-state index in [1.807, 2.05) is 18.2 Å². The third kappa shape index (κ3) is 19.5. The molecule has 4 radical (unpaired) electrons. The van der Waals surface area contributed by atoms with Crippen molar-refractivity contribution < 1.29 is 34.0 Å². The number of nitrogens with zero attached hydrogens (tertiary/aromatic N) is 1. The van der Waals surface area contributed by atoms with Crippen LogP contribution in [-0.4, -0.2) is 42.9 Å². The van der Waals surface area contributed by atoms with Crippen LogP contribution in [0, 0.1) is 13.0 Å². The third-order valence-corrected chi connectivity index (χ3v) is 1.61. The zero-order valence-electron chi connectivity index (χ0n) is 10.8. The summed E-state index contributed by atoms with van der Waals surface area (Å²) in [5.74, 6) is 0. The molecule has 0 spiro atoms. The van der Waals surface area contributed by atoms with Crippen molar-refractivity contribution >= 4 is 23.9 Å². The van der Waals surface area contributed by atoms with E-state index in [4.69, 9.17) is 0 Å². The Balaban J connectivity index is -0.000000108. The molecular weight excluding hydrogens is 449 g/mol. The summed E-state index contributed by atoms with van der Waals surface area (Å²) < 4.78 is 0. The number of halogens is 2. The summed E-state index contributed by atoms with van der Waals surface area (Å²) in [6.45, 7) is 6.70. The number of benzene rings is 1. The molecule has 0 bridgehead atoms. The predicted molar refractivity (Wildman–Crippen MR) is 68.7 cm³/mol. The Bertz CT molecular complexity index is 216. The summed E-state index contributed by atoms with van der Waals surface area (Å²) in [7, 11) is 4.11. The van der Waals surface area contributed by atoms with Crippen LogP contribution in [0.15, 0.2) is 24.3 Å². The molecule has 0 aromatic heterocycles. The fourth-order valence-electron chi connectivity index (χ4n) is 0.870. The van der Waals surface area contributed by atoms with Crippen molar-refractivity contribution in [1.29, 1.82) is 0 Å². The molecule has 1 nitrogen and oxygen atoms in total. The van der Waals surface area contributed by atoms with Gasteiger partial charge in [0.05, 0.1) is 0 Å². The van der Waals surface area contributed by atoms with Crippen LogP contribution >= 0.6 is 0 Å². The molecule has 0 heterocycles. The monoisotopic (exact) mass is 469 g/mol. The topological polar surface area (TPSA) is 3.24 Å². The molecule has 0 fully saturated rings. The molecule has 0 unspecified atom stereocenters. The summed E-state index contributed by atoms with van der Waals surface area (Å²) in [5, 5.41) is 0. The van der Waals surface area contributed by atoms with Gasteiger partial charge in [-0.2, -0.15) is 0 Å². The van der Waals surface area contributed by atoms with Crippen LogP contribution in [0.25, 0.3) is 0 Å². The van der Waals surface area contributed by atoms with Crippen molar-refractivity contribution in [2.45, 2.75) is 26.3 Å². The van der Waals surface area contributed by atoms with E-state index in [0.29, 0.717) is 0 Å². The van der Waals surface area contributed by atoms with Gasteiger partial charge in [0.25, 0.3) is 0 Å². The summed E-state index contributed by atoms with van der Waals surface area (Å²) in [5.41, 5.74) is 1.24. The van der Waals surface area contributed by atoms with Crippen molar-refractivity contribution in [2.24, 2.45) is 0 Å². The van der Waals surface area contributed by atoms with Crippen molar-refractivity contribution in [2.75, 3.05) is 14.1 Å². The van der Waals surface area contributed by atoms with Crippen molar-refractivity contribution in [3.05, 3.63) is 42.8 Å².